The summed E-state index contributed by atoms with van der Waals surface area (Å²) < 4.78 is 11.0. The Balaban J connectivity index is 2.92. The van der Waals surface area contributed by atoms with Gasteiger partial charge in [-0.15, -0.1) is 0 Å². The van der Waals surface area contributed by atoms with Crippen molar-refractivity contribution >= 4 is 6.09 Å². The number of alkyl carbamates (subject to hydrolysis) is 1. The molecule has 0 aliphatic carbocycles. The van der Waals surface area contributed by atoms with Crippen molar-refractivity contribution in [2.24, 2.45) is 0 Å². The van der Waals surface area contributed by atoms with E-state index in [1.165, 1.54) is 24.0 Å². The van der Waals surface area contributed by atoms with E-state index in [1.807, 2.05) is 34.6 Å². The smallest absolute Gasteiger partial charge is 0.408 e. The molecule has 0 saturated heterocycles. The number of hydrogen-bond donors (Lipinski definition) is 1. The molecule has 1 amide bonds. The quantitative estimate of drug-likeness (QED) is 0.736. The van der Waals surface area contributed by atoms with Crippen LogP contribution in [0.15, 0.2) is 12.1 Å². The van der Waals surface area contributed by atoms with Gasteiger partial charge in [-0.05, 0) is 83.6 Å². The molecular weight excluding hydrogens is 314 g/mol. The third-order valence-electron chi connectivity index (χ3n) is 4.01. The van der Waals surface area contributed by atoms with Gasteiger partial charge in [0.25, 0.3) is 0 Å². The number of nitrogens with one attached hydrogen (secondary N) is 1. The van der Waals surface area contributed by atoms with Crippen molar-refractivity contribution in [3.63, 3.8) is 0 Å². The summed E-state index contributed by atoms with van der Waals surface area (Å²) in [5, 5.41) is 2.96. The minimum absolute atomic E-state index is 0.396. The third-order valence-corrected chi connectivity index (χ3v) is 4.01. The summed E-state index contributed by atoms with van der Waals surface area (Å²) in [6, 6.07) is 4.33. The largest absolute Gasteiger partial charge is 0.496 e. The van der Waals surface area contributed by atoms with E-state index in [-0.39, 0.29) is 0 Å². The van der Waals surface area contributed by atoms with Crippen LogP contribution in [0.1, 0.15) is 71.1 Å². The lowest BCUT2D eigenvalue weighted by Crippen LogP contribution is -2.47. The van der Waals surface area contributed by atoms with Gasteiger partial charge in [0.1, 0.15) is 11.4 Å². The standard InChI is InChI=1S/C21H35NO3/c1-9-10-11-16-13-18(24-8)17(12-15(16)2)14-21(6,7)22-19(23)25-20(3,4)5/h12-13H,9-11,14H2,1-8H3,(H,22,23). The van der Waals surface area contributed by atoms with Crippen LogP contribution in [0.4, 0.5) is 4.79 Å². The van der Waals surface area contributed by atoms with Gasteiger partial charge >= 0.3 is 6.09 Å². The fourth-order valence-corrected chi connectivity index (χ4v) is 2.85. The molecule has 0 aliphatic rings. The Morgan fingerprint density at radius 2 is 1.76 bits per heavy atom. The molecule has 25 heavy (non-hydrogen) atoms. The predicted octanol–water partition coefficient (Wildman–Crippen LogP) is 5.19. The molecule has 4 heteroatoms. The zero-order valence-electron chi connectivity index (χ0n) is 17.2. The van der Waals surface area contributed by atoms with Gasteiger partial charge in [0.15, 0.2) is 0 Å². The first kappa shape index (κ1) is 21.3. The molecule has 0 heterocycles. The molecule has 0 fully saturated rings. The number of methoxy groups -OCH3 is 1. The molecule has 142 valence electrons. The summed E-state index contributed by atoms with van der Waals surface area (Å²) >= 11 is 0. The Morgan fingerprint density at radius 1 is 1.12 bits per heavy atom. The summed E-state index contributed by atoms with van der Waals surface area (Å²) in [7, 11) is 1.70. The zero-order valence-corrected chi connectivity index (χ0v) is 17.2. The van der Waals surface area contributed by atoms with Crippen molar-refractivity contribution in [1.82, 2.24) is 5.32 Å². The van der Waals surface area contributed by atoms with Crippen LogP contribution in [0.25, 0.3) is 0 Å². The highest BCUT2D eigenvalue weighted by Gasteiger charge is 2.26. The Bertz CT molecular complexity index is 586. The maximum atomic E-state index is 12.1. The van der Waals surface area contributed by atoms with Crippen molar-refractivity contribution in [3.05, 3.63) is 28.8 Å². The number of carbonyl (C=O) groups is 1. The SMILES string of the molecule is CCCCc1cc(OC)c(CC(C)(C)NC(=O)OC(C)(C)C)cc1C. The summed E-state index contributed by atoms with van der Waals surface area (Å²) in [6.07, 6.45) is 3.70. The maximum Gasteiger partial charge on any atom is 0.408 e. The minimum Gasteiger partial charge on any atom is -0.496 e. The van der Waals surface area contributed by atoms with Crippen LogP contribution in [-0.4, -0.2) is 24.3 Å². The van der Waals surface area contributed by atoms with Gasteiger partial charge < -0.3 is 14.8 Å². The van der Waals surface area contributed by atoms with Crippen LogP contribution in [0.2, 0.25) is 0 Å². The van der Waals surface area contributed by atoms with Gasteiger partial charge in [0.05, 0.1) is 7.11 Å². The number of carbonyl (C=O) groups excluding carboxylic acids is 1. The van der Waals surface area contributed by atoms with E-state index in [0.717, 1.165) is 17.7 Å². The van der Waals surface area contributed by atoms with Gasteiger partial charge in [-0.1, -0.05) is 19.4 Å². The Kier molecular flexibility index (Phi) is 7.33. The Morgan fingerprint density at radius 3 is 2.28 bits per heavy atom. The number of rotatable bonds is 7. The number of ether oxygens (including phenoxy) is 2. The third kappa shape index (κ3) is 7.37. The van der Waals surface area contributed by atoms with Gasteiger partial charge in [0, 0.05) is 5.54 Å². The van der Waals surface area contributed by atoms with Crippen LogP contribution in [0.5, 0.6) is 5.75 Å². The molecule has 0 aliphatic heterocycles. The van der Waals surface area contributed by atoms with Gasteiger partial charge in [-0.3, -0.25) is 0 Å². The molecule has 1 aromatic rings. The van der Waals surface area contributed by atoms with E-state index in [1.54, 1.807) is 7.11 Å². The van der Waals surface area contributed by atoms with Gasteiger partial charge in [-0.25, -0.2) is 4.79 Å². The van der Waals surface area contributed by atoms with E-state index in [4.69, 9.17) is 9.47 Å². The fraction of sp³-hybridized carbons (Fsp3) is 0.667. The summed E-state index contributed by atoms with van der Waals surface area (Å²) in [6.45, 7) is 13.9. The highest BCUT2D eigenvalue weighted by Crippen LogP contribution is 2.28. The highest BCUT2D eigenvalue weighted by atomic mass is 16.6. The lowest BCUT2D eigenvalue weighted by molar-refractivity contribution is 0.0472. The first-order valence-corrected chi connectivity index (χ1v) is 9.15. The molecule has 1 aromatic carbocycles. The molecule has 0 aromatic heterocycles. The van der Waals surface area contributed by atoms with Crippen LogP contribution in [-0.2, 0) is 17.6 Å². The Hall–Kier alpha value is -1.71. The topological polar surface area (TPSA) is 47.6 Å². The van der Waals surface area contributed by atoms with Crippen molar-refractivity contribution in [1.29, 1.82) is 0 Å². The summed E-state index contributed by atoms with van der Waals surface area (Å²) in [5.74, 6) is 0.885. The molecule has 0 radical (unpaired) electrons. The molecule has 1 N–H and O–H groups in total. The second-order valence-electron chi connectivity index (χ2n) is 8.38. The lowest BCUT2D eigenvalue weighted by Gasteiger charge is -2.29. The van der Waals surface area contributed by atoms with Crippen molar-refractivity contribution in [2.45, 2.75) is 85.3 Å². The maximum absolute atomic E-state index is 12.1. The molecule has 0 atom stereocenters. The molecule has 0 saturated carbocycles. The van der Waals surface area contributed by atoms with Crippen molar-refractivity contribution < 1.29 is 14.3 Å². The first-order chi connectivity index (χ1) is 11.5. The van der Waals surface area contributed by atoms with Gasteiger partial charge in [-0.2, -0.15) is 0 Å². The minimum atomic E-state index is -0.505. The average Bonchev–Trinajstić information content (AvgIpc) is 2.43. The van der Waals surface area contributed by atoms with E-state index < -0.39 is 17.2 Å². The van der Waals surface area contributed by atoms with E-state index in [9.17, 15) is 4.79 Å². The number of hydrogen-bond acceptors (Lipinski definition) is 3. The normalized spacial score (nSPS) is 12.0. The first-order valence-electron chi connectivity index (χ1n) is 9.15. The summed E-state index contributed by atoms with van der Waals surface area (Å²) in [4.78, 5) is 12.1. The number of unbranched alkanes of at least 4 members (excludes halogenated alkanes) is 1. The van der Waals surface area contributed by atoms with E-state index >= 15 is 0 Å². The molecule has 1 rings (SSSR count). The van der Waals surface area contributed by atoms with Crippen LogP contribution in [0, 0.1) is 6.92 Å². The van der Waals surface area contributed by atoms with E-state index in [0.29, 0.717) is 6.42 Å². The van der Waals surface area contributed by atoms with Crippen molar-refractivity contribution in [3.8, 4) is 5.75 Å². The second-order valence-corrected chi connectivity index (χ2v) is 8.38. The molecule has 0 spiro atoms. The molecule has 4 nitrogen and oxygen atoms in total. The molecule has 0 unspecified atom stereocenters. The number of benzene rings is 1. The fourth-order valence-electron chi connectivity index (χ4n) is 2.85. The summed E-state index contributed by atoms with van der Waals surface area (Å²) in [5.41, 5.74) is 2.77. The number of amides is 1. The van der Waals surface area contributed by atoms with Crippen LogP contribution in [0.3, 0.4) is 0 Å². The highest BCUT2D eigenvalue weighted by molar-refractivity contribution is 5.68. The van der Waals surface area contributed by atoms with Crippen LogP contribution >= 0.6 is 0 Å². The molecular formula is C21H35NO3. The van der Waals surface area contributed by atoms with Gasteiger partial charge in [0.2, 0.25) is 0 Å². The zero-order chi connectivity index (χ0) is 19.3. The molecule has 0 bridgehead atoms. The average molecular weight is 350 g/mol. The second kappa shape index (κ2) is 8.59. The number of aryl methyl sites for hydroxylation is 2. The van der Waals surface area contributed by atoms with Crippen molar-refractivity contribution in [2.75, 3.05) is 7.11 Å². The predicted molar refractivity (Wildman–Crippen MR) is 103 cm³/mol. The lowest BCUT2D eigenvalue weighted by atomic mass is 9.91. The Labute approximate surface area is 153 Å². The van der Waals surface area contributed by atoms with Crippen LogP contribution < -0.4 is 10.1 Å². The van der Waals surface area contributed by atoms with E-state index in [2.05, 4.69) is 31.3 Å². The monoisotopic (exact) mass is 349 g/mol.